The van der Waals surface area contributed by atoms with E-state index >= 15 is 0 Å². The van der Waals surface area contributed by atoms with Gasteiger partial charge in [-0.3, -0.25) is 72.1 Å². The number of nitrogens with one attached hydrogen (secondary N) is 12. The van der Waals surface area contributed by atoms with Gasteiger partial charge in [-0.2, -0.15) is 0 Å². The quantitative estimate of drug-likeness (QED) is 0.0207. The Morgan fingerprint density at radius 1 is 0.682 bits per heavy atom. The van der Waals surface area contributed by atoms with Crippen LogP contribution in [0.5, 0.6) is 0 Å². The third kappa shape index (κ3) is 26.9. The molecular weight excluding hydrogens is 1160 g/mol. The van der Waals surface area contributed by atoms with E-state index < -0.39 is 188 Å². The van der Waals surface area contributed by atoms with Gasteiger partial charge in [0.2, 0.25) is 82.7 Å². The van der Waals surface area contributed by atoms with Gasteiger partial charge in [0.1, 0.15) is 48.3 Å². The van der Waals surface area contributed by atoms with E-state index in [2.05, 4.69) is 68.8 Å². The van der Waals surface area contributed by atoms with Crippen LogP contribution in [0.15, 0.2) is 4.99 Å². The molecule has 35 heteroatoms. The van der Waals surface area contributed by atoms with Crippen molar-refractivity contribution in [2.75, 3.05) is 57.3 Å². The predicted molar refractivity (Wildman–Crippen MR) is 312 cm³/mol. The topological polar surface area (TPSA) is 523 Å². The molecule has 2 heterocycles. The van der Waals surface area contributed by atoms with Crippen LogP contribution in [0.25, 0.3) is 0 Å². The second kappa shape index (κ2) is 37.0. The number of rotatable bonds is 22. The Morgan fingerprint density at radius 3 is 1.84 bits per heavy atom. The highest BCUT2D eigenvalue weighted by atomic mass is 33.1. The molecule has 2 aliphatic rings. The number of aliphatic imine (C=N–C) groups is 1. The second-order valence-electron chi connectivity index (χ2n) is 21.3. The van der Waals surface area contributed by atoms with Crippen molar-refractivity contribution in [2.24, 2.45) is 45.7 Å². The fraction of sp³-hybridized carbons (Fsp3) is 0.700. The van der Waals surface area contributed by atoms with Crippen molar-refractivity contribution in [3.8, 4) is 0 Å². The number of aliphatic hydroxyl groups excluding tert-OH is 1. The molecule has 10 atom stereocenters. The lowest BCUT2D eigenvalue weighted by molar-refractivity contribution is -0.141. The zero-order valence-corrected chi connectivity index (χ0v) is 50.7. The molecule has 33 nitrogen and oxygen atoms in total. The van der Waals surface area contributed by atoms with Gasteiger partial charge in [0, 0.05) is 24.6 Å². The molecule has 2 aliphatic heterocycles. The van der Waals surface area contributed by atoms with Crippen molar-refractivity contribution in [1.29, 1.82) is 0 Å². The molecule has 0 aliphatic carbocycles. The number of hydrogen-bond donors (Lipinski definition) is 17. The average Bonchev–Trinajstić information content (AvgIpc) is 3.98. The Balaban J connectivity index is 2.19. The first-order chi connectivity index (χ1) is 39.8. The number of fused-ring (bicyclic) bond motifs is 1. The number of aliphatic hydroxyl groups is 1. The highest BCUT2D eigenvalue weighted by molar-refractivity contribution is 8.76. The molecule has 0 aromatic carbocycles. The molecule has 0 aromatic rings. The van der Waals surface area contributed by atoms with Crippen molar-refractivity contribution in [1.82, 2.24) is 68.7 Å². The Labute approximate surface area is 500 Å². The largest absolute Gasteiger partial charge is 0.391 e. The number of nitrogens with zero attached hydrogens (tertiary/aromatic N) is 2. The molecule has 2 fully saturated rings. The minimum Gasteiger partial charge on any atom is -0.391 e. The van der Waals surface area contributed by atoms with E-state index in [-0.39, 0.29) is 62.2 Å². The van der Waals surface area contributed by atoms with Crippen LogP contribution in [-0.4, -0.2) is 216 Å². The number of nitrogens with two attached hydrogens (primary N) is 4. The number of carbonyl (C=O) groups is 14. The number of hydrogen-bond acceptors (Lipinski definition) is 19. The highest BCUT2D eigenvalue weighted by Crippen LogP contribution is 2.23. The zero-order chi connectivity index (χ0) is 64.2. The van der Waals surface area contributed by atoms with Gasteiger partial charge in [0.25, 0.3) is 0 Å². The highest BCUT2D eigenvalue weighted by Gasteiger charge is 2.38. The molecule has 0 unspecified atom stereocenters. The number of amides is 14. The summed E-state index contributed by atoms with van der Waals surface area (Å²) >= 11 is 0. The first kappa shape index (κ1) is 73.6. The molecule has 0 radical (unpaired) electrons. The fourth-order valence-electron chi connectivity index (χ4n) is 8.21. The Kier molecular flexibility index (Phi) is 32.0. The molecule has 0 aromatic heterocycles. The van der Waals surface area contributed by atoms with Crippen LogP contribution in [0.3, 0.4) is 0 Å². The van der Waals surface area contributed by atoms with Gasteiger partial charge >= 0.3 is 0 Å². The summed E-state index contributed by atoms with van der Waals surface area (Å²) in [5, 5.41) is 39.6. The van der Waals surface area contributed by atoms with Crippen LogP contribution in [0.2, 0.25) is 0 Å². The lowest BCUT2D eigenvalue weighted by atomic mass is 10.0. The normalized spacial score (nSPS) is 22.3. The van der Waals surface area contributed by atoms with E-state index in [1.165, 1.54) is 18.7 Å². The maximum Gasteiger partial charge on any atom is 0.245 e. The van der Waals surface area contributed by atoms with Gasteiger partial charge in [-0.1, -0.05) is 63.1 Å². The van der Waals surface area contributed by atoms with Gasteiger partial charge in [0.05, 0.1) is 44.9 Å². The molecule has 85 heavy (non-hydrogen) atoms. The summed E-state index contributed by atoms with van der Waals surface area (Å²) in [5.41, 5.74) is 22.4. The summed E-state index contributed by atoms with van der Waals surface area (Å²) in [6.45, 7) is 9.49. The van der Waals surface area contributed by atoms with Crippen molar-refractivity contribution in [2.45, 2.75) is 148 Å². The fourth-order valence-corrected chi connectivity index (χ4v) is 10.5. The Hall–Kier alpha value is -7.53. The Morgan fingerprint density at radius 2 is 1.26 bits per heavy atom. The van der Waals surface area contributed by atoms with E-state index in [0.717, 1.165) is 21.6 Å². The van der Waals surface area contributed by atoms with Crippen molar-refractivity contribution < 1.29 is 72.2 Å². The van der Waals surface area contributed by atoms with Crippen molar-refractivity contribution in [3.63, 3.8) is 0 Å². The lowest BCUT2D eigenvalue weighted by Gasteiger charge is -2.28. The Bertz CT molecular complexity index is 2430. The summed E-state index contributed by atoms with van der Waals surface area (Å²) < 4.78 is 0. The smallest absolute Gasteiger partial charge is 0.245 e. The van der Waals surface area contributed by atoms with E-state index in [1.807, 2.05) is 13.8 Å². The summed E-state index contributed by atoms with van der Waals surface area (Å²) in [4.78, 5) is 189. The van der Waals surface area contributed by atoms with Crippen molar-refractivity contribution >= 4 is 110 Å². The monoisotopic (exact) mass is 1240 g/mol. The maximum absolute atomic E-state index is 14.0. The summed E-state index contributed by atoms with van der Waals surface area (Å²) in [6, 6.07) is -11.3. The summed E-state index contributed by atoms with van der Waals surface area (Å²) in [7, 11) is 1.99. The van der Waals surface area contributed by atoms with E-state index in [9.17, 15) is 72.2 Å². The third-order valence-corrected chi connectivity index (χ3v) is 15.3. The molecule has 21 N–H and O–H groups in total. The van der Waals surface area contributed by atoms with Gasteiger partial charge in [0.15, 0.2) is 5.96 Å². The molecule has 14 amide bonds. The van der Waals surface area contributed by atoms with Gasteiger partial charge in [-0.05, 0) is 63.7 Å². The van der Waals surface area contributed by atoms with Crippen LogP contribution in [0, 0.1) is 17.8 Å². The lowest BCUT2D eigenvalue weighted by Crippen LogP contribution is -2.60. The number of carbonyl (C=O) groups excluding carboxylic acids is 14. The van der Waals surface area contributed by atoms with Gasteiger partial charge < -0.3 is 96.7 Å². The van der Waals surface area contributed by atoms with Crippen LogP contribution in [-0.2, 0) is 67.1 Å². The molecule has 0 bridgehead atoms. The molecule has 478 valence electrons. The summed E-state index contributed by atoms with van der Waals surface area (Å²) in [6.07, 6.45) is -0.367. The predicted octanol–water partition coefficient (Wildman–Crippen LogP) is -8.03. The van der Waals surface area contributed by atoms with Crippen molar-refractivity contribution in [3.05, 3.63) is 0 Å². The minimum absolute atomic E-state index is 0.0120. The number of guanidine groups is 1. The minimum atomic E-state index is -1.58. The average molecular weight is 1240 g/mol. The first-order valence-corrected chi connectivity index (χ1v) is 30.1. The molecule has 2 saturated heterocycles. The summed E-state index contributed by atoms with van der Waals surface area (Å²) in [5.74, 6) is -13.1. The molecule has 0 spiro atoms. The molecule has 2 rings (SSSR count). The van der Waals surface area contributed by atoms with Crippen LogP contribution >= 0.6 is 21.6 Å². The SMILES string of the molecule is CC(C)C[C@H](NC(=O)[C@H](CCCN=C(N)N)NC(=O)CNC(=O)CNC(=O)CNC(=O)[C@@H](NC(=O)[C@@H]1CSSC[C@H](N)C(=O)N[C@@H](C(C)C)C(=O)N[C@@H]([C@@H](C)O)C(=O)NCC(=O)N[C@@H](C)C(=O)N2CCC[C@H]2C(=O)NCC(=O)N1)C(C)C)C(N)=O. The number of primary amides is 1. The third-order valence-electron chi connectivity index (χ3n) is 12.8. The zero-order valence-electron chi connectivity index (χ0n) is 49.1. The van der Waals surface area contributed by atoms with Gasteiger partial charge in [-0.15, -0.1) is 0 Å². The van der Waals surface area contributed by atoms with E-state index in [0.29, 0.717) is 6.42 Å². The van der Waals surface area contributed by atoms with Crippen LogP contribution in [0.4, 0.5) is 0 Å². The van der Waals surface area contributed by atoms with Crippen LogP contribution in [0.1, 0.15) is 87.5 Å². The molecule has 0 saturated carbocycles. The second-order valence-corrected chi connectivity index (χ2v) is 23.9. The first-order valence-electron chi connectivity index (χ1n) is 27.6. The molecular formula is C50H86N18O15S2. The van der Waals surface area contributed by atoms with Crippen LogP contribution < -0.4 is 86.7 Å². The maximum atomic E-state index is 14.0. The van der Waals surface area contributed by atoms with Gasteiger partial charge in [-0.25, -0.2) is 0 Å². The standard InChI is InChI=1S/C50H86N18O15S2/c1-23(2)15-30(41(52)75)64-43(77)29(11-9-13-55-50(53)54)62-36(73)18-57-33(70)16-56-34(71)17-59-46(80)38(24(3)4)66-44(78)31-22-85-84-21-28(51)42(76)65-39(25(5)6)48(82)67-40(27(8)69)47(81)60-19-35(72)61-26(7)49(83)68-14-10-12-32(68)45(79)58-20-37(74)63-31/h23-32,38-40,69H,9-22,51H2,1-8H3,(H2,52,75)(H,56,71)(H,57,70)(H,58,79)(H,59,80)(H,60,81)(H,61,72)(H,62,73)(H,63,74)(H,64,77)(H,65,76)(H,66,78)(H,67,82)(H4,53,54,55)/t26-,27+,28-,29-,30-,31-,32-,38-,39-,40-/m0/s1. The van der Waals surface area contributed by atoms with E-state index in [1.54, 1.807) is 27.7 Å². The van der Waals surface area contributed by atoms with E-state index in [4.69, 9.17) is 22.9 Å².